The first kappa shape index (κ1) is 23.4. The van der Waals surface area contributed by atoms with Crippen LogP contribution >= 0.6 is 11.6 Å². The molecular formula is C19H21ClF3N5O2. The van der Waals surface area contributed by atoms with E-state index in [1.54, 1.807) is 5.43 Å². The van der Waals surface area contributed by atoms with Crippen LogP contribution in [0.1, 0.15) is 49.0 Å². The van der Waals surface area contributed by atoms with Gasteiger partial charge in [-0.1, -0.05) is 25.4 Å². The number of nitrogens with zero attached hydrogens (tertiary/aromatic N) is 2. The Balaban J connectivity index is 0.00000155. The molecule has 1 saturated carbocycles. The van der Waals surface area contributed by atoms with Crippen molar-refractivity contribution >= 4 is 29.4 Å². The predicted octanol–water partition coefficient (Wildman–Crippen LogP) is 3.81. The molecule has 30 heavy (non-hydrogen) atoms. The van der Waals surface area contributed by atoms with Crippen LogP contribution in [0.2, 0.25) is 5.02 Å². The lowest BCUT2D eigenvalue weighted by molar-refractivity contribution is -0.132. The zero-order valence-corrected chi connectivity index (χ0v) is 17.1. The largest absolute Gasteiger partial charge is 0.345 e. The Hall–Kier alpha value is -2.88. The third-order valence-electron chi connectivity index (χ3n) is 4.41. The first-order chi connectivity index (χ1) is 14.3. The molecule has 3 N–H and O–H groups in total. The molecular weight excluding hydrogens is 423 g/mol. The Kier molecular flexibility index (Phi) is 7.99. The standard InChI is InChI=1S/C17H15ClF3N5O2.C2H6/c18-12-3-2-10(19)6-11(12)17(4-1-5-17)24-16-22-7-9(8-23-16)14(27)25-26-15(28)13(20)21;1-2/h2-3,6-8,13H,1,4-5H2,(H,25,27)(H,26,28)(H,22,23,24);1-2H3. The molecule has 1 heterocycles. The summed E-state index contributed by atoms with van der Waals surface area (Å²) < 4.78 is 37.8. The van der Waals surface area contributed by atoms with E-state index < -0.39 is 29.6 Å². The van der Waals surface area contributed by atoms with Gasteiger partial charge in [0.25, 0.3) is 5.91 Å². The molecule has 3 rings (SSSR count). The molecule has 0 radical (unpaired) electrons. The molecule has 2 amide bonds. The van der Waals surface area contributed by atoms with Crippen molar-refractivity contribution in [2.75, 3.05) is 5.32 Å². The molecule has 0 saturated heterocycles. The number of hydrogen-bond donors (Lipinski definition) is 3. The number of hydrogen-bond acceptors (Lipinski definition) is 5. The fourth-order valence-corrected chi connectivity index (χ4v) is 3.12. The van der Waals surface area contributed by atoms with Crippen molar-refractivity contribution in [1.29, 1.82) is 0 Å². The average Bonchev–Trinajstić information content (AvgIpc) is 2.72. The molecule has 1 aromatic heterocycles. The van der Waals surface area contributed by atoms with Crippen molar-refractivity contribution in [3.8, 4) is 0 Å². The summed E-state index contributed by atoms with van der Waals surface area (Å²) in [4.78, 5) is 30.6. The van der Waals surface area contributed by atoms with Gasteiger partial charge in [0.05, 0.1) is 11.1 Å². The summed E-state index contributed by atoms with van der Waals surface area (Å²) >= 11 is 6.22. The van der Waals surface area contributed by atoms with E-state index in [1.165, 1.54) is 30.6 Å². The van der Waals surface area contributed by atoms with E-state index in [0.29, 0.717) is 23.4 Å². The van der Waals surface area contributed by atoms with Crippen LogP contribution in [-0.2, 0) is 10.3 Å². The summed E-state index contributed by atoms with van der Waals surface area (Å²) in [6, 6.07) is 4.12. The van der Waals surface area contributed by atoms with Gasteiger partial charge in [0.15, 0.2) is 0 Å². The molecule has 0 spiro atoms. The first-order valence-electron chi connectivity index (χ1n) is 9.25. The van der Waals surface area contributed by atoms with Crippen LogP contribution in [0.3, 0.4) is 0 Å². The summed E-state index contributed by atoms with van der Waals surface area (Å²) in [5, 5.41) is 3.55. The molecule has 1 fully saturated rings. The number of hydrazine groups is 1. The van der Waals surface area contributed by atoms with E-state index in [-0.39, 0.29) is 11.5 Å². The zero-order chi connectivity index (χ0) is 22.3. The Morgan fingerprint density at radius 3 is 2.30 bits per heavy atom. The van der Waals surface area contributed by atoms with Crippen LogP contribution in [0.4, 0.5) is 19.1 Å². The third-order valence-corrected chi connectivity index (χ3v) is 4.74. The highest BCUT2D eigenvalue weighted by molar-refractivity contribution is 6.31. The van der Waals surface area contributed by atoms with Crippen LogP contribution < -0.4 is 16.2 Å². The predicted molar refractivity (Wildman–Crippen MR) is 106 cm³/mol. The number of halogens is 4. The molecule has 1 aliphatic carbocycles. The summed E-state index contributed by atoms with van der Waals surface area (Å²) in [7, 11) is 0. The Bertz CT molecular complexity index is 892. The molecule has 162 valence electrons. The van der Waals surface area contributed by atoms with E-state index in [9.17, 15) is 22.8 Å². The second kappa shape index (κ2) is 10.2. The quantitative estimate of drug-likeness (QED) is 0.611. The Morgan fingerprint density at radius 2 is 1.77 bits per heavy atom. The van der Waals surface area contributed by atoms with Crippen molar-refractivity contribution < 1.29 is 22.8 Å². The van der Waals surface area contributed by atoms with Crippen LogP contribution in [0.5, 0.6) is 0 Å². The minimum Gasteiger partial charge on any atom is -0.345 e. The van der Waals surface area contributed by atoms with Crippen LogP contribution in [0, 0.1) is 5.82 Å². The maximum absolute atomic E-state index is 13.7. The molecule has 1 aromatic carbocycles. The number of aromatic nitrogens is 2. The fraction of sp³-hybridized carbons (Fsp3) is 0.368. The number of carbonyl (C=O) groups excluding carboxylic acids is 2. The van der Waals surface area contributed by atoms with E-state index >= 15 is 0 Å². The molecule has 7 nitrogen and oxygen atoms in total. The number of carbonyl (C=O) groups is 2. The van der Waals surface area contributed by atoms with E-state index in [0.717, 1.165) is 6.42 Å². The number of benzene rings is 1. The van der Waals surface area contributed by atoms with E-state index in [4.69, 9.17) is 11.6 Å². The number of anilines is 1. The van der Waals surface area contributed by atoms with E-state index in [2.05, 4.69) is 15.3 Å². The normalized spacial score (nSPS) is 14.1. The molecule has 1 aliphatic rings. The lowest BCUT2D eigenvalue weighted by Gasteiger charge is -2.43. The lowest BCUT2D eigenvalue weighted by Crippen LogP contribution is -2.44. The minimum atomic E-state index is -3.25. The van der Waals surface area contributed by atoms with Crippen LogP contribution in [0.25, 0.3) is 0 Å². The molecule has 0 bridgehead atoms. The third kappa shape index (κ3) is 5.38. The lowest BCUT2D eigenvalue weighted by atomic mass is 9.72. The first-order valence-corrected chi connectivity index (χ1v) is 9.63. The number of alkyl halides is 2. The van der Waals surface area contributed by atoms with Gasteiger partial charge in [-0.15, -0.1) is 0 Å². The molecule has 0 unspecified atom stereocenters. The van der Waals surface area contributed by atoms with Crippen LogP contribution in [0.15, 0.2) is 30.6 Å². The Morgan fingerprint density at radius 1 is 1.13 bits per heavy atom. The van der Waals surface area contributed by atoms with Gasteiger partial charge in [0, 0.05) is 17.4 Å². The van der Waals surface area contributed by atoms with Gasteiger partial charge in [-0.25, -0.2) is 14.4 Å². The van der Waals surface area contributed by atoms with Crippen molar-refractivity contribution in [3.05, 3.63) is 52.6 Å². The summed E-state index contributed by atoms with van der Waals surface area (Å²) in [6.45, 7) is 4.00. The molecule has 0 aliphatic heterocycles. The summed E-state index contributed by atoms with van der Waals surface area (Å²) in [5.74, 6) is -2.71. The SMILES string of the molecule is CC.O=C(NNC(=O)C(F)F)c1cnc(NC2(c3cc(F)ccc3Cl)CCC2)nc1. The van der Waals surface area contributed by atoms with Crippen molar-refractivity contribution in [2.45, 2.75) is 45.1 Å². The second-order valence-electron chi connectivity index (χ2n) is 6.22. The summed E-state index contributed by atoms with van der Waals surface area (Å²) in [5.41, 5.74) is 3.34. The van der Waals surface area contributed by atoms with Gasteiger partial charge in [-0.05, 0) is 43.0 Å². The number of amides is 2. The van der Waals surface area contributed by atoms with Crippen molar-refractivity contribution in [3.63, 3.8) is 0 Å². The summed E-state index contributed by atoms with van der Waals surface area (Å²) in [6.07, 6.45) is 1.38. The highest BCUT2D eigenvalue weighted by Crippen LogP contribution is 2.46. The Labute approximate surface area is 176 Å². The van der Waals surface area contributed by atoms with Crippen LogP contribution in [-0.4, -0.2) is 28.2 Å². The van der Waals surface area contributed by atoms with Gasteiger partial charge in [0.1, 0.15) is 5.82 Å². The maximum atomic E-state index is 13.7. The van der Waals surface area contributed by atoms with Gasteiger partial charge < -0.3 is 5.32 Å². The second-order valence-corrected chi connectivity index (χ2v) is 6.63. The topological polar surface area (TPSA) is 96.0 Å². The van der Waals surface area contributed by atoms with Crippen molar-refractivity contribution in [1.82, 2.24) is 20.8 Å². The molecule has 0 atom stereocenters. The highest BCUT2D eigenvalue weighted by atomic mass is 35.5. The highest BCUT2D eigenvalue weighted by Gasteiger charge is 2.41. The van der Waals surface area contributed by atoms with E-state index in [1.807, 2.05) is 19.3 Å². The molecule has 11 heteroatoms. The fourth-order valence-electron chi connectivity index (χ4n) is 2.83. The zero-order valence-electron chi connectivity index (χ0n) is 16.3. The van der Waals surface area contributed by atoms with Gasteiger partial charge in [-0.2, -0.15) is 8.78 Å². The van der Waals surface area contributed by atoms with Crippen molar-refractivity contribution in [2.24, 2.45) is 0 Å². The monoisotopic (exact) mass is 443 g/mol. The minimum absolute atomic E-state index is 0.0495. The number of nitrogens with one attached hydrogen (secondary N) is 3. The smallest absolute Gasteiger partial charge is 0.317 e. The van der Waals surface area contributed by atoms with Gasteiger partial charge in [-0.3, -0.25) is 20.4 Å². The average molecular weight is 444 g/mol. The van der Waals surface area contributed by atoms with Gasteiger partial charge in [0.2, 0.25) is 5.95 Å². The number of rotatable bonds is 5. The maximum Gasteiger partial charge on any atom is 0.317 e. The van der Waals surface area contributed by atoms with Gasteiger partial charge >= 0.3 is 12.3 Å². The molecule has 2 aromatic rings.